The number of rotatable bonds is 3. The van der Waals surface area contributed by atoms with Crippen LogP contribution in [0, 0.1) is 0 Å². The Balaban J connectivity index is 1.49. The summed E-state index contributed by atoms with van der Waals surface area (Å²) in [7, 11) is 0. The second-order valence-electron chi connectivity index (χ2n) is 5.46. The molecule has 5 nitrogen and oxygen atoms in total. The third kappa shape index (κ3) is 2.68. The molecular weight excluding hydrogens is 290 g/mol. The zero-order valence-corrected chi connectivity index (χ0v) is 12.3. The summed E-state index contributed by atoms with van der Waals surface area (Å²) in [6.07, 6.45) is 1.81. The maximum Gasteiger partial charge on any atom is 0.265 e. The Kier molecular flexibility index (Phi) is 3.31. The summed E-state index contributed by atoms with van der Waals surface area (Å²) in [6, 6.07) is 17.3. The molecule has 1 aliphatic heterocycles. The summed E-state index contributed by atoms with van der Waals surface area (Å²) >= 11 is 0. The van der Waals surface area contributed by atoms with Crippen LogP contribution in [0.3, 0.4) is 0 Å². The van der Waals surface area contributed by atoms with Gasteiger partial charge in [-0.3, -0.25) is 9.89 Å². The molecule has 0 unspecified atom stereocenters. The van der Waals surface area contributed by atoms with Crippen molar-refractivity contribution < 1.29 is 9.53 Å². The number of H-pyrrole nitrogens is 1. The fourth-order valence-corrected chi connectivity index (χ4v) is 2.73. The number of nitrogens with zero attached hydrogens (tertiary/aromatic N) is 1. The topological polar surface area (TPSA) is 67.0 Å². The van der Waals surface area contributed by atoms with Crippen LogP contribution in [0.5, 0.6) is 5.75 Å². The van der Waals surface area contributed by atoms with Gasteiger partial charge < -0.3 is 10.1 Å². The molecule has 2 aromatic carbocycles. The Morgan fingerprint density at radius 1 is 1.17 bits per heavy atom. The fraction of sp³-hybridized carbons (Fsp3) is 0.111. The molecule has 114 valence electrons. The highest BCUT2D eigenvalue weighted by Gasteiger charge is 2.28. The largest absolute Gasteiger partial charge is 0.480 e. The standard InChI is InChI=1S/C18H15N3O2/c22-18(17-11-13-4-1-2-7-16(13)23-17)20-14-6-3-5-12(10-14)15-8-9-19-21-15/h1-10,17H,11H2,(H,19,21)(H,20,22)/t17-/m1/s1. The second kappa shape index (κ2) is 5.61. The number of anilines is 1. The molecule has 1 aromatic heterocycles. The molecule has 23 heavy (non-hydrogen) atoms. The van der Waals surface area contributed by atoms with E-state index in [9.17, 15) is 4.79 Å². The van der Waals surface area contributed by atoms with Gasteiger partial charge in [0.2, 0.25) is 0 Å². The summed E-state index contributed by atoms with van der Waals surface area (Å²) in [5, 5.41) is 9.78. The molecule has 0 saturated carbocycles. The molecule has 5 heteroatoms. The van der Waals surface area contributed by atoms with E-state index in [1.165, 1.54) is 0 Å². The Hall–Kier alpha value is -3.08. The molecule has 0 fully saturated rings. The van der Waals surface area contributed by atoms with Crippen LogP contribution in [-0.4, -0.2) is 22.2 Å². The van der Waals surface area contributed by atoms with Crippen molar-refractivity contribution in [3.8, 4) is 17.0 Å². The van der Waals surface area contributed by atoms with Gasteiger partial charge in [-0.2, -0.15) is 5.10 Å². The monoisotopic (exact) mass is 305 g/mol. The van der Waals surface area contributed by atoms with Crippen molar-refractivity contribution in [2.75, 3.05) is 5.32 Å². The highest BCUT2D eigenvalue weighted by atomic mass is 16.5. The lowest BCUT2D eigenvalue weighted by Gasteiger charge is -2.12. The van der Waals surface area contributed by atoms with E-state index in [4.69, 9.17) is 4.74 Å². The average molecular weight is 305 g/mol. The number of hydrogen-bond acceptors (Lipinski definition) is 3. The van der Waals surface area contributed by atoms with Gasteiger partial charge in [0.05, 0.1) is 5.69 Å². The minimum atomic E-state index is -0.483. The molecule has 2 N–H and O–H groups in total. The summed E-state index contributed by atoms with van der Waals surface area (Å²) in [5.41, 5.74) is 3.68. The van der Waals surface area contributed by atoms with Crippen molar-refractivity contribution >= 4 is 11.6 Å². The predicted molar refractivity (Wildman–Crippen MR) is 87.2 cm³/mol. The first-order valence-corrected chi connectivity index (χ1v) is 7.45. The third-order valence-electron chi connectivity index (χ3n) is 3.88. The lowest BCUT2D eigenvalue weighted by molar-refractivity contribution is -0.122. The summed E-state index contributed by atoms with van der Waals surface area (Å²) < 4.78 is 5.72. The Morgan fingerprint density at radius 3 is 2.91 bits per heavy atom. The van der Waals surface area contributed by atoms with Gasteiger partial charge in [0.15, 0.2) is 6.10 Å². The number of carbonyl (C=O) groups excluding carboxylic acids is 1. The Morgan fingerprint density at radius 2 is 2.09 bits per heavy atom. The Labute approximate surface area is 133 Å². The Bertz CT molecular complexity index is 818. The van der Waals surface area contributed by atoms with E-state index < -0.39 is 6.10 Å². The summed E-state index contributed by atoms with van der Waals surface area (Å²) in [5.74, 6) is 0.654. The average Bonchev–Trinajstić information content (AvgIpc) is 3.24. The first kappa shape index (κ1) is 13.6. The van der Waals surface area contributed by atoms with E-state index in [-0.39, 0.29) is 5.91 Å². The number of aromatic nitrogens is 2. The lowest BCUT2D eigenvalue weighted by Crippen LogP contribution is -2.31. The van der Waals surface area contributed by atoms with Crippen molar-refractivity contribution in [1.29, 1.82) is 0 Å². The number of benzene rings is 2. The van der Waals surface area contributed by atoms with Crippen LogP contribution >= 0.6 is 0 Å². The number of ether oxygens (including phenoxy) is 1. The SMILES string of the molecule is O=C(Nc1cccc(-c2ccn[nH]2)c1)[C@H]1Cc2ccccc2O1. The first-order chi connectivity index (χ1) is 11.3. The van der Waals surface area contributed by atoms with Crippen LogP contribution in [0.4, 0.5) is 5.69 Å². The molecule has 3 aromatic rings. The molecule has 1 amide bonds. The number of hydrogen-bond donors (Lipinski definition) is 2. The maximum atomic E-state index is 12.4. The minimum absolute atomic E-state index is 0.136. The van der Waals surface area contributed by atoms with E-state index in [1.807, 2.05) is 54.6 Å². The summed E-state index contributed by atoms with van der Waals surface area (Å²) in [4.78, 5) is 12.4. The molecule has 0 saturated heterocycles. The lowest BCUT2D eigenvalue weighted by atomic mass is 10.1. The van der Waals surface area contributed by atoms with Crippen molar-refractivity contribution in [2.24, 2.45) is 0 Å². The van der Waals surface area contributed by atoms with E-state index >= 15 is 0 Å². The number of para-hydroxylation sites is 1. The van der Waals surface area contributed by atoms with Crippen molar-refractivity contribution in [3.63, 3.8) is 0 Å². The minimum Gasteiger partial charge on any atom is -0.480 e. The van der Waals surface area contributed by atoms with Gasteiger partial charge in [0.1, 0.15) is 5.75 Å². The van der Waals surface area contributed by atoms with Gasteiger partial charge >= 0.3 is 0 Å². The van der Waals surface area contributed by atoms with Crippen LogP contribution < -0.4 is 10.1 Å². The fourth-order valence-electron chi connectivity index (χ4n) is 2.73. The van der Waals surface area contributed by atoms with Crippen molar-refractivity contribution in [3.05, 3.63) is 66.4 Å². The van der Waals surface area contributed by atoms with E-state index in [2.05, 4.69) is 15.5 Å². The second-order valence-corrected chi connectivity index (χ2v) is 5.46. The van der Waals surface area contributed by atoms with Crippen LogP contribution in [-0.2, 0) is 11.2 Å². The number of amides is 1. The van der Waals surface area contributed by atoms with Crippen LogP contribution in [0.25, 0.3) is 11.3 Å². The van der Waals surface area contributed by atoms with E-state index in [1.54, 1.807) is 6.20 Å². The molecule has 0 spiro atoms. The molecule has 4 rings (SSSR count). The van der Waals surface area contributed by atoms with Gasteiger partial charge in [-0.1, -0.05) is 30.3 Å². The summed E-state index contributed by atoms with van der Waals surface area (Å²) in [6.45, 7) is 0. The normalized spacial score (nSPS) is 15.7. The molecule has 1 aliphatic rings. The number of nitrogens with one attached hydrogen (secondary N) is 2. The molecule has 0 bridgehead atoms. The molecule has 0 radical (unpaired) electrons. The van der Waals surface area contributed by atoms with E-state index in [0.29, 0.717) is 6.42 Å². The zero-order chi connectivity index (χ0) is 15.6. The van der Waals surface area contributed by atoms with Gasteiger partial charge in [-0.25, -0.2) is 0 Å². The quantitative estimate of drug-likeness (QED) is 0.781. The predicted octanol–water partition coefficient (Wildman–Crippen LogP) is 3.02. The van der Waals surface area contributed by atoms with Gasteiger partial charge in [0, 0.05) is 23.9 Å². The van der Waals surface area contributed by atoms with Crippen LogP contribution in [0.15, 0.2) is 60.8 Å². The van der Waals surface area contributed by atoms with Crippen LogP contribution in [0.2, 0.25) is 0 Å². The van der Waals surface area contributed by atoms with Crippen LogP contribution in [0.1, 0.15) is 5.56 Å². The zero-order valence-electron chi connectivity index (χ0n) is 12.3. The number of aromatic amines is 1. The molecule has 0 aliphatic carbocycles. The van der Waals surface area contributed by atoms with E-state index in [0.717, 1.165) is 28.3 Å². The maximum absolute atomic E-state index is 12.4. The van der Waals surface area contributed by atoms with Gasteiger partial charge in [-0.05, 0) is 29.8 Å². The first-order valence-electron chi connectivity index (χ1n) is 7.45. The van der Waals surface area contributed by atoms with Crippen molar-refractivity contribution in [1.82, 2.24) is 10.2 Å². The number of carbonyl (C=O) groups is 1. The van der Waals surface area contributed by atoms with Crippen molar-refractivity contribution in [2.45, 2.75) is 12.5 Å². The van der Waals surface area contributed by atoms with Gasteiger partial charge in [0.25, 0.3) is 5.91 Å². The number of fused-ring (bicyclic) bond motifs is 1. The van der Waals surface area contributed by atoms with Gasteiger partial charge in [-0.15, -0.1) is 0 Å². The molecular formula is C18H15N3O2. The molecule has 2 heterocycles. The highest BCUT2D eigenvalue weighted by molar-refractivity contribution is 5.95. The molecule has 1 atom stereocenters. The smallest absolute Gasteiger partial charge is 0.265 e. The third-order valence-corrected chi connectivity index (χ3v) is 3.88. The highest BCUT2D eigenvalue weighted by Crippen LogP contribution is 2.29.